The Morgan fingerprint density at radius 1 is 1.29 bits per heavy atom. The molecule has 8 nitrogen and oxygen atoms in total. The first-order valence-corrected chi connectivity index (χ1v) is 11.6. The lowest BCUT2D eigenvalue weighted by molar-refractivity contribution is -0.117. The van der Waals surface area contributed by atoms with Gasteiger partial charge in [-0.05, 0) is 61.6 Å². The van der Waals surface area contributed by atoms with Crippen molar-refractivity contribution in [1.82, 2.24) is 14.7 Å². The van der Waals surface area contributed by atoms with Crippen LogP contribution in [-0.4, -0.2) is 35.1 Å². The maximum absolute atomic E-state index is 13.4. The minimum absolute atomic E-state index is 0.0194. The number of nitrogens with one attached hydrogen (secondary N) is 1. The van der Waals surface area contributed by atoms with E-state index in [2.05, 4.69) is 10.3 Å². The highest BCUT2D eigenvalue weighted by Gasteiger charge is 2.19. The molecule has 182 valence electrons. The van der Waals surface area contributed by atoms with Gasteiger partial charge < -0.3 is 14.8 Å². The van der Waals surface area contributed by atoms with Gasteiger partial charge in [0.1, 0.15) is 28.6 Å². The Kier molecular flexibility index (Phi) is 8.76. The highest BCUT2D eigenvalue weighted by atomic mass is 16.5. The monoisotopic (exact) mass is 474 g/mol. The van der Waals surface area contributed by atoms with Crippen molar-refractivity contribution in [2.24, 2.45) is 0 Å². The molecule has 3 rings (SSSR count). The predicted molar refractivity (Wildman–Crippen MR) is 135 cm³/mol. The minimum atomic E-state index is -0.578. The van der Waals surface area contributed by atoms with Gasteiger partial charge in [-0.3, -0.25) is 14.0 Å². The summed E-state index contributed by atoms with van der Waals surface area (Å²) in [4.78, 5) is 30.5. The maximum Gasteiger partial charge on any atom is 0.269 e. The van der Waals surface area contributed by atoms with Gasteiger partial charge >= 0.3 is 0 Å². The third-order valence-electron chi connectivity index (χ3n) is 5.34. The standard InChI is InChI=1S/C27H30N4O4/c1-5-34-14-8-12-29-25(32)20(17-28)16-22-26(30-24-9-6-7-13-31(24)27(22)33)35-23-15-19(4)10-11-21(23)18(2)3/h6-7,9-11,13,15-16,18H,5,8,12,14H2,1-4H3,(H,29,32)/b20-16+. The number of hydrogen-bond donors (Lipinski definition) is 1. The normalized spacial score (nSPS) is 11.5. The number of benzene rings is 1. The van der Waals surface area contributed by atoms with Crippen molar-refractivity contribution in [2.75, 3.05) is 19.8 Å². The molecule has 0 atom stereocenters. The minimum Gasteiger partial charge on any atom is -0.438 e. The molecule has 0 spiro atoms. The Bertz CT molecular complexity index is 1340. The number of amides is 1. The summed E-state index contributed by atoms with van der Waals surface area (Å²) in [5.74, 6) is 0.195. The number of carbonyl (C=O) groups is 1. The molecule has 0 saturated heterocycles. The fraction of sp³-hybridized carbons (Fsp3) is 0.333. The van der Waals surface area contributed by atoms with Crippen molar-refractivity contribution in [1.29, 1.82) is 5.26 Å². The number of carbonyl (C=O) groups excluding carboxylic acids is 1. The lowest BCUT2D eigenvalue weighted by Crippen LogP contribution is -2.27. The van der Waals surface area contributed by atoms with Crippen LogP contribution in [0.15, 0.2) is 53.0 Å². The van der Waals surface area contributed by atoms with Crippen LogP contribution in [0.2, 0.25) is 0 Å². The van der Waals surface area contributed by atoms with Gasteiger partial charge in [-0.25, -0.2) is 0 Å². The Labute approximate surface area is 204 Å². The second kappa shape index (κ2) is 12.0. The average molecular weight is 475 g/mol. The van der Waals surface area contributed by atoms with Crippen molar-refractivity contribution < 1.29 is 14.3 Å². The summed E-state index contributed by atoms with van der Waals surface area (Å²) < 4.78 is 12.8. The maximum atomic E-state index is 13.4. The largest absolute Gasteiger partial charge is 0.438 e. The molecule has 2 heterocycles. The van der Waals surface area contributed by atoms with Gasteiger partial charge in [-0.2, -0.15) is 10.2 Å². The Balaban J connectivity index is 2.06. The average Bonchev–Trinajstić information content (AvgIpc) is 2.83. The van der Waals surface area contributed by atoms with E-state index < -0.39 is 11.5 Å². The van der Waals surface area contributed by atoms with Crippen molar-refractivity contribution in [3.05, 3.63) is 75.2 Å². The molecular formula is C27H30N4O4. The van der Waals surface area contributed by atoms with Gasteiger partial charge in [0, 0.05) is 26.0 Å². The number of hydrogen-bond acceptors (Lipinski definition) is 6. The first kappa shape index (κ1) is 25.7. The second-order valence-corrected chi connectivity index (χ2v) is 8.34. The third-order valence-corrected chi connectivity index (χ3v) is 5.34. The van der Waals surface area contributed by atoms with Gasteiger partial charge in [0.25, 0.3) is 11.5 Å². The zero-order valence-electron chi connectivity index (χ0n) is 20.5. The van der Waals surface area contributed by atoms with Crippen LogP contribution in [0.5, 0.6) is 11.6 Å². The Morgan fingerprint density at radius 2 is 2.09 bits per heavy atom. The molecule has 1 amide bonds. The zero-order valence-corrected chi connectivity index (χ0v) is 20.5. The van der Waals surface area contributed by atoms with E-state index in [0.29, 0.717) is 37.6 Å². The summed E-state index contributed by atoms with van der Waals surface area (Å²) in [7, 11) is 0. The number of fused-ring (bicyclic) bond motifs is 1. The summed E-state index contributed by atoms with van der Waals surface area (Å²) in [5.41, 5.74) is 1.69. The molecule has 0 saturated carbocycles. The smallest absolute Gasteiger partial charge is 0.269 e. The van der Waals surface area contributed by atoms with Crippen LogP contribution < -0.4 is 15.6 Å². The van der Waals surface area contributed by atoms with Gasteiger partial charge in [0.15, 0.2) is 0 Å². The number of aryl methyl sites for hydroxylation is 1. The molecule has 2 aromatic heterocycles. The Hall–Kier alpha value is -3.96. The fourth-order valence-electron chi connectivity index (χ4n) is 3.50. The summed E-state index contributed by atoms with van der Waals surface area (Å²) in [6, 6.07) is 12.9. The molecule has 0 unspecified atom stereocenters. The van der Waals surface area contributed by atoms with Crippen LogP contribution in [0.1, 0.15) is 49.8 Å². The zero-order chi connectivity index (χ0) is 25.4. The van der Waals surface area contributed by atoms with Crippen LogP contribution >= 0.6 is 0 Å². The molecular weight excluding hydrogens is 444 g/mol. The van der Waals surface area contributed by atoms with E-state index in [1.807, 2.05) is 52.0 Å². The summed E-state index contributed by atoms with van der Waals surface area (Å²) in [6.07, 6.45) is 3.43. The van der Waals surface area contributed by atoms with E-state index in [9.17, 15) is 14.9 Å². The molecule has 8 heteroatoms. The highest BCUT2D eigenvalue weighted by Crippen LogP contribution is 2.32. The van der Waals surface area contributed by atoms with Crippen molar-refractivity contribution in [3.8, 4) is 17.7 Å². The van der Waals surface area contributed by atoms with Crippen molar-refractivity contribution >= 4 is 17.6 Å². The number of ether oxygens (including phenoxy) is 2. The molecule has 1 aromatic carbocycles. The molecule has 0 aliphatic heterocycles. The molecule has 0 fully saturated rings. The molecule has 0 bridgehead atoms. The van der Waals surface area contributed by atoms with Gasteiger partial charge in [0.2, 0.25) is 5.88 Å². The Morgan fingerprint density at radius 3 is 2.80 bits per heavy atom. The topological polar surface area (TPSA) is 106 Å². The van der Waals surface area contributed by atoms with E-state index in [4.69, 9.17) is 9.47 Å². The predicted octanol–water partition coefficient (Wildman–Crippen LogP) is 4.37. The van der Waals surface area contributed by atoms with Crippen LogP contribution in [0.25, 0.3) is 11.7 Å². The molecule has 1 N–H and O–H groups in total. The number of nitrogens with zero attached hydrogens (tertiary/aromatic N) is 3. The number of rotatable bonds is 10. The van der Waals surface area contributed by atoms with Crippen molar-refractivity contribution in [2.45, 2.75) is 40.0 Å². The SMILES string of the molecule is CCOCCCNC(=O)/C(C#N)=C/c1c(Oc2cc(C)ccc2C(C)C)nc2ccccn2c1=O. The fourth-order valence-corrected chi connectivity index (χ4v) is 3.50. The van der Waals surface area contributed by atoms with Crippen LogP contribution in [-0.2, 0) is 9.53 Å². The van der Waals surface area contributed by atoms with E-state index in [1.54, 1.807) is 24.4 Å². The van der Waals surface area contributed by atoms with Gasteiger partial charge in [-0.1, -0.05) is 32.0 Å². The van der Waals surface area contributed by atoms with E-state index in [1.165, 1.54) is 10.5 Å². The summed E-state index contributed by atoms with van der Waals surface area (Å²) in [5, 5.41) is 12.4. The molecule has 0 aliphatic rings. The number of pyridine rings is 1. The second-order valence-electron chi connectivity index (χ2n) is 8.34. The summed E-state index contributed by atoms with van der Waals surface area (Å²) >= 11 is 0. The van der Waals surface area contributed by atoms with E-state index in [0.717, 1.165) is 11.1 Å². The van der Waals surface area contributed by atoms with Crippen LogP contribution in [0.4, 0.5) is 0 Å². The third kappa shape index (κ3) is 6.34. The van der Waals surface area contributed by atoms with Crippen LogP contribution in [0, 0.1) is 18.3 Å². The quantitative estimate of drug-likeness (QED) is 0.266. The number of nitriles is 1. The van der Waals surface area contributed by atoms with Crippen LogP contribution in [0.3, 0.4) is 0 Å². The number of aromatic nitrogens is 2. The van der Waals surface area contributed by atoms with Gasteiger partial charge in [0.05, 0.1) is 0 Å². The molecule has 3 aromatic rings. The van der Waals surface area contributed by atoms with Gasteiger partial charge in [-0.15, -0.1) is 0 Å². The summed E-state index contributed by atoms with van der Waals surface area (Å²) in [6.45, 7) is 9.38. The first-order chi connectivity index (χ1) is 16.8. The van der Waals surface area contributed by atoms with Crippen molar-refractivity contribution in [3.63, 3.8) is 0 Å². The lowest BCUT2D eigenvalue weighted by Gasteiger charge is -2.16. The molecule has 0 radical (unpaired) electrons. The highest BCUT2D eigenvalue weighted by molar-refractivity contribution is 6.01. The molecule has 0 aliphatic carbocycles. The molecule has 35 heavy (non-hydrogen) atoms. The van der Waals surface area contributed by atoms with E-state index in [-0.39, 0.29) is 22.9 Å². The van der Waals surface area contributed by atoms with E-state index >= 15 is 0 Å². The lowest BCUT2D eigenvalue weighted by atomic mass is 10.0. The first-order valence-electron chi connectivity index (χ1n) is 11.6.